The predicted molar refractivity (Wildman–Crippen MR) is 216 cm³/mol. The van der Waals surface area contributed by atoms with Gasteiger partial charge in [-0.2, -0.15) is 5.26 Å². The molecule has 3 aromatic rings. The fourth-order valence-electron chi connectivity index (χ4n) is 9.99. The fourth-order valence-corrected chi connectivity index (χ4v) is 10.2. The molecule has 1 spiro atoms. The number of nitrogens with one attached hydrogen (secondary N) is 2. The summed E-state index contributed by atoms with van der Waals surface area (Å²) in [4.78, 5) is 71.4. The average molecular weight is 838 g/mol. The second-order valence-corrected chi connectivity index (χ2v) is 17.4. The summed E-state index contributed by atoms with van der Waals surface area (Å²) in [6.07, 6.45) is 6.92. The third-order valence-corrected chi connectivity index (χ3v) is 13.6. The van der Waals surface area contributed by atoms with Gasteiger partial charge in [-0.25, -0.2) is 4.39 Å². The molecule has 2 aromatic carbocycles. The summed E-state index contributed by atoms with van der Waals surface area (Å²) in [7, 11) is 0. The van der Waals surface area contributed by atoms with E-state index < -0.39 is 35.5 Å². The highest BCUT2D eigenvalue weighted by atomic mass is 35.5. The van der Waals surface area contributed by atoms with E-state index in [4.69, 9.17) is 21.6 Å². The van der Waals surface area contributed by atoms with Gasteiger partial charge in [0.2, 0.25) is 11.8 Å². The van der Waals surface area contributed by atoms with Crippen molar-refractivity contribution in [2.75, 3.05) is 49.1 Å². The lowest BCUT2D eigenvalue weighted by atomic mass is 9.86. The molecule has 60 heavy (non-hydrogen) atoms. The van der Waals surface area contributed by atoms with E-state index in [-0.39, 0.29) is 58.8 Å². The Balaban J connectivity index is 0.737. The normalized spacial score (nSPS) is 26.1. The number of nitriles is 1. The van der Waals surface area contributed by atoms with E-state index in [9.17, 15) is 24.0 Å². The minimum Gasteiger partial charge on any atom is -0.490 e. The number of nitrogens with zero attached hydrogens (tertiary/aromatic N) is 7. The molecule has 6 heterocycles. The number of rotatable bonds is 8. The van der Waals surface area contributed by atoms with Gasteiger partial charge < -0.3 is 19.9 Å². The monoisotopic (exact) mass is 837 g/mol. The van der Waals surface area contributed by atoms with Crippen LogP contribution in [0.1, 0.15) is 101 Å². The van der Waals surface area contributed by atoms with Crippen LogP contribution in [-0.4, -0.2) is 113 Å². The molecule has 2 N–H and O–H groups in total. The van der Waals surface area contributed by atoms with Crippen molar-refractivity contribution in [1.82, 2.24) is 30.6 Å². The minimum atomic E-state index is -1.10. The maximum atomic E-state index is 15.7. The standard InChI is InChI=1S/C43H45ClFN9O6/c44-32-19-29(4-1-25(32)22-46)60-28-5-2-26(3-6-28)47-39(56)34-7-9-37(50-49-34)51-15-11-27(12-16-51)52-17-13-43(23-52)14-18-53(24-43)36-21-31-30(20-33(36)45)41(58)54(42(31)59)35-8-10-38(55)48-40(35)57/h1,4,7,9,19-21,26-28,35H,2-3,5-6,8,10-18,23-24H2,(H,47,56)(H,48,55,57)/t26-,28-,35?,43?. The highest BCUT2D eigenvalue weighted by molar-refractivity contribution is 6.31. The van der Waals surface area contributed by atoms with Crippen LogP contribution in [0.25, 0.3) is 0 Å². The average Bonchev–Trinajstić information content (AvgIpc) is 3.93. The van der Waals surface area contributed by atoms with Gasteiger partial charge >= 0.3 is 0 Å². The molecule has 5 fully saturated rings. The van der Waals surface area contributed by atoms with Gasteiger partial charge in [0.25, 0.3) is 17.7 Å². The fraction of sp³-hybridized carbons (Fsp3) is 0.488. The molecule has 15 nitrogen and oxygen atoms in total. The number of fused-ring (bicyclic) bond motifs is 1. The molecule has 1 aromatic heterocycles. The Morgan fingerprint density at radius 2 is 1.63 bits per heavy atom. The van der Waals surface area contributed by atoms with Crippen LogP contribution in [0.4, 0.5) is 15.9 Å². The third-order valence-electron chi connectivity index (χ3n) is 13.3. The number of piperidine rings is 2. The van der Waals surface area contributed by atoms with Gasteiger partial charge in [0, 0.05) is 62.7 Å². The van der Waals surface area contributed by atoms with Crippen LogP contribution in [0.15, 0.2) is 42.5 Å². The van der Waals surface area contributed by atoms with Crippen molar-refractivity contribution in [3.8, 4) is 11.8 Å². The van der Waals surface area contributed by atoms with Crippen molar-refractivity contribution < 1.29 is 33.1 Å². The number of carbonyl (C=O) groups is 5. The van der Waals surface area contributed by atoms with Gasteiger partial charge in [0.15, 0.2) is 11.5 Å². The number of halogens is 2. The van der Waals surface area contributed by atoms with E-state index >= 15 is 4.39 Å². The number of hydrogen-bond acceptors (Lipinski definition) is 12. The number of likely N-dealkylation sites (tertiary alicyclic amines) is 1. The van der Waals surface area contributed by atoms with E-state index in [0.717, 1.165) is 94.3 Å². The molecular formula is C43H45ClFN9O6. The van der Waals surface area contributed by atoms with Crippen LogP contribution in [0.2, 0.25) is 5.02 Å². The maximum Gasteiger partial charge on any atom is 0.272 e. The molecule has 2 atom stereocenters. The molecular weight excluding hydrogens is 793 g/mol. The number of imide groups is 2. The molecule has 17 heteroatoms. The first-order valence-electron chi connectivity index (χ1n) is 20.8. The van der Waals surface area contributed by atoms with Crippen molar-refractivity contribution in [3.05, 3.63) is 75.7 Å². The summed E-state index contributed by atoms with van der Waals surface area (Å²) in [6, 6.07) is 12.6. The third kappa shape index (κ3) is 7.64. The second-order valence-electron chi connectivity index (χ2n) is 17.0. The molecule has 9 rings (SSSR count). The van der Waals surface area contributed by atoms with Crippen molar-refractivity contribution >= 4 is 52.6 Å². The smallest absolute Gasteiger partial charge is 0.272 e. The number of benzene rings is 2. The van der Waals surface area contributed by atoms with Gasteiger partial charge in [-0.1, -0.05) is 11.6 Å². The van der Waals surface area contributed by atoms with E-state index in [1.807, 2.05) is 17.0 Å². The Morgan fingerprint density at radius 3 is 2.33 bits per heavy atom. The largest absolute Gasteiger partial charge is 0.490 e. The van der Waals surface area contributed by atoms with Crippen LogP contribution in [0.5, 0.6) is 5.75 Å². The zero-order chi connectivity index (χ0) is 41.7. The molecule has 5 amide bonds. The molecule has 0 bridgehead atoms. The molecule has 5 aliphatic heterocycles. The maximum absolute atomic E-state index is 15.7. The van der Waals surface area contributed by atoms with Crippen molar-refractivity contribution in [1.29, 1.82) is 5.26 Å². The highest BCUT2D eigenvalue weighted by Crippen LogP contribution is 2.44. The topological polar surface area (TPSA) is 181 Å². The Bertz CT molecular complexity index is 2290. The van der Waals surface area contributed by atoms with Crippen LogP contribution in [0.3, 0.4) is 0 Å². The van der Waals surface area contributed by atoms with Crippen molar-refractivity contribution in [2.24, 2.45) is 5.41 Å². The quantitative estimate of drug-likeness (QED) is 0.309. The predicted octanol–water partition coefficient (Wildman–Crippen LogP) is 4.23. The Hall–Kier alpha value is -5.66. The Kier molecular flexibility index (Phi) is 10.7. The van der Waals surface area contributed by atoms with E-state index in [1.165, 1.54) is 6.07 Å². The van der Waals surface area contributed by atoms with Gasteiger partial charge in [0.05, 0.1) is 33.5 Å². The van der Waals surface area contributed by atoms with Crippen LogP contribution >= 0.6 is 11.6 Å². The first kappa shape index (κ1) is 39.8. The zero-order valence-corrected chi connectivity index (χ0v) is 33.8. The number of amides is 5. The lowest BCUT2D eigenvalue weighted by Gasteiger charge is -2.38. The minimum absolute atomic E-state index is 0.00477. The Morgan fingerprint density at radius 1 is 0.883 bits per heavy atom. The van der Waals surface area contributed by atoms with Gasteiger partial charge in [-0.05, 0) is 101 Å². The first-order chi connectivity index (χ1) is 29.0. The summed E-state index contributed by atoms with van der Waals surface area (Å²) < 4.78 is 21.7. The lowest BCUT2D eigenvalue weighted by molar-refractivity contribution is -0.136. The second kappa shape index (κ2) is 16.1. The first-order valence-corrected chi connectivity index (χ1v) is 21.2. The van der Waals surface area contributed by atoms with E-state index in [0.29, 0.717) is 35.5 Å². The van der Waals surface area contributed by atoms with Gasteiger partial charge in [-0.3, -0.25) is 39.1 Å². The summed E-state index contributed by atoms with van der Waals surface area (Å²) in [5.41, 5.74) is 0.978. The summed E-state index contributed by atoms with van der Waals surface area (Å²) in [5, 5.41) is 23.5. The van der Waals surface area contributed by atoms with Gasteiger partial charge in [-0.15, -0.1) is 10.2 Å². The zero-order valence-electron chi connectivity index (χ0n) is 33.0. The van der Waals surface area contributed by atoms with Crippen LogP contribution < -0.4 is 25.2 Å². The van der Waals surface area contributed by atoms with Crippen molar-refractivity contribution in [3.63, 3.8) is 0 Å². The number of anilines is 2. The van der Waals surface area contributed by atoms with Crippen molar-refractivity contribution in [2.45, 2.75) is 88.4 Å². The number of aromatic nitrogens is 2. The Labute approximate surface area is 351 Å². The van der Waals surface area contributed by atoms with Crippen LogP contribution in [0, 0.1) is 22.6 Å². The summed E-state index contributed by atoms with van der Waals surface area (Å²) >= 11 is 6.15. The van der Waals surface area contributed by atoms with Gasteiger partial charge in [0.1, 0.15) is 23.7 Å². The molecule has 1 aliphatic carbocycles. The molecule has 6 aliphatic rings. The summed E-state index contributed by atoms with van der Waals surface area (Å²) in [6.45, 7) is 4.72. The number of hydrogen-bond donors (Lipinski definition) is 2. The number of carbonyl (C=O) groups excluding carboxylic acids is 5. The molecule has 1 saturated carbocycles. The SMILES string of the molecule is N#Cc1ccc(O[C@H]2CC[C@H](NC(=O)c3ccc(N4CCC(N5CCC6(CCN(c7cc8c(cc7F)C(=O)N(C7CCC(=O)NC7=O)C8=O)C6)C5)CC4)nn3)CC2)cc1Cl. The molecule has 4 saturated heterocycles. The highest BCUT2D eigenvalue weighted by Gasteiger charge is 2.48. The lowest BCUT2D eigenvalue weighted by Crippen LogP contribution is -2.54. The summed E-state index contributed by atoms with van der Waals surface area (Å²) in [5.74, 6) is -1.96. The molecule has 0 radical (unpaired) electrons. The number of ether oxygens (including phenoxy) is 1. The van der Waals surface area contributed by atoms with E-state index in [2.05, 4.69) is 30.6 Å². The van der Waals surface area contributed by atoms with Crippen LogP contribution in [-0.2, 0) is 9.59 Å². The molecule has 2 unspecified atom stereocenters. The van der Waals surface area contributed by atoms with E-state index in [1.54, 1.807) is 24.3 Å². The molecule has 312 valence electrons.